The summed E-state index contributed by atoms with van der Waals surface area (Å²) in [6.07, 6.45) is 0.429. The van der Waals surface area contributed by atoms with Gasteiger partial charge >= 0.3 is 0 Å². The lowest BCUT2D eigenvalue weighted by Crippen LogP contribution is -2.13. The second kappa shape index (κ2) is 3.66. The van der Waals surface area contributed by atoms with Crippen molar-refractivity contribution in [2.24, 2.45) is 5.73 Å². The molecular weight excluding hydrogens is 175 g/mol. The van der Waals surface area contributed by atoms with Gasteiger partial charge in [0.15, 0.2) is 0 Å². The summed E-state index contributed by atoms with van der Waals surface area (Å²) in [6, 6.07) is 3.56. The average Bonchev–Trinajstić information content (AvgIpc) is 2.08. The SMILES string of the molecule is NC(=O)c1cc(NC=O)ccc1F. The third-order valence-electron chi connectivity index (χ3n) is 1.46. The van der Waals surface area contributed by atoms with Crippen LogP contribution in [0, 0.1) is 5.82 Å². The Morgan fingerprint density at radius 1 is 1.54 bits per heavy atom. The Balaban J connectivity index is 3.10. The first-order valence-electron chi connectivity index (χ1n) is 3.44. The van der Waals surface area contributed by atoms with E-state index in [4.69, 9.17) is 5.73 Å². The van der Waals surface area contributed by atoms with Crippen molar-refractivity contribution >= 4 is 18.0 Å². The molecule has 0 aliphatic rings. The molecule has 0 fully saturated rings. The minimum Gasteiger partial charge on any atom is -0.366 e. The number of anilines is 1. The first-order valence-corrected chi connectivity index (χ1v) is 3.44. The van der Waals surface area contributed by atoms with Gasteiger partial charge in [0, 0.05) is 5.69 Å². The fourth-order valence-electron chi connectivity index (χ4n) is 0.872. The molecule has 68 valence electrons. The van der Waals surface area contributed by atoms with Crippen LogP contribution in [0.25, 0.3) is 0 Å². The van der Waals surface area contributed by atoms with Crippen LogP contribution >= 0.6 is 0 Å². The zero-order valence-corrected chi connectivity index (χ0v) is 6.58. The normalized spacial score (nSPS) is 9.31. The van der Waals surface area contributed by atoms with Crippen molar-refractivity contribution in [1.82, 2.24) is 0 Å². The highest BCUT2D eigenvalue weighted by atomic mass is 19.1. The van der Waals surface area contributed by atoms with Crippen LogP contribution in [0.15, 0.2) is 18.2 Å². The lowest BCUT2D eigenvalue weighted by atomic mass is 10.2. The molecule has 0 bridgehead atoms. The first-order chi connectivity index (χ1) is 6.15. The van der Waals surface area contributed by atoms with E-state index in [-0.39, 0.29) is 5.56 Å². The predicted octanol–water partition coefficient (Wildman–Crippen LogP) is 0.493. The van der Waals surface area contributed by atoms with Crippen LogP contribution in [0.4, 0.5) is 10.1 Å². The van der Waals surface area contributed by atoms with Crippen molar-refractivity contribution in [3.63, 3.8) is 0 Å². The third kappa shape index (κ3) is 2.02. The maximum Gasteiger partial charge on any atom is 0.251 e. The molecule has 3 N–H and O–H groups in total. The largest absolute Gasteiger partial charge is 0.366 e. The van der Waals surface area contributed by atoms with Crippen LogP contribution in [0.1, 0.15) is 10.4 Å². The first kappa shape index (κ1) is 9.18. The second-order valence-electron chi connectivity index (χ2n) is 2.32. The summed E-state index contributed by atoms with van der Waals surface area (Å²) in [5.41, 5.74) is 4.97. The Hall–Kier alpha value is -1.91. The van der Waals surface area contributed by atoms with Crippen LogP contribution in [0.5, 0.6) is 0 Å². The lowest BCUT2D eigenvalue weighted by Gasteiger charge is -2.01. The maximum absolute atomic E-state index is 12.8. The van der Waals surface area contributed by atoms with E-state index < -0.39 is 11.7 Å². The molecular formula is C8H7FN2O2. The predicted molar refractivity (Wildman–Crippen MR) is 44.6 cm³/mol. The number of carbonyl (C=O) groups excluding carboxylic acids is 2. The van der Waals surface area contributed by atoms with Gasteiger partial charge in [0.1, 0.15) is 5.82 Å². The zero-order chi connectivity index (χ0) is 9.84. The summed E-state index contributed by atoms with van der Waals surface area (Å²) in [5.74, 6) is -1.57. The summed E-state index contributed by atoms with van der Waals surface area (Å²) in [5, 5.41) is 2.28. The molecule has 0 radical (unpaired) electrons. The molecule has 0 atom stereocenters. The molecule has 2 amide bonds. The number of nitrogens with two attached hydrogens (primary N) is 1. The summed E-state index contributed by atoms with van der Waals surface area (Å²) in [7, 11) is 0. The number of halogens is 1. The molecule has 5 heteroatoms. The topological polar surface area (TPSA) is 72.2 Å². The van der Waals surface area contributed by atoms with Crippen molar-refractivity contribution in [2.45, 2.75) is 0 Å². The molecule has 0 aliphatic carbocycles. The molecule has 0 unspecified atom stereocenters. The Morgan fingerprint density at radius 2 is 2.23 bits per heavy atom. The molecule has 1 rings (SSSR count). The van der Waals surface area contributed by atoms with Gasteiger partial charge < -0.3 is 11.1 Å². The van der Waals surface area contributed by atoms with Crippen LogP contribution in [0.3, 0.4) is 0 Å². The van der Waals surface area contributed by atoms with E-state index in [2.05, 4.69) is 5.32 Å². The summed E-state index contributed by atoms with van der Waals surface area (Å²) < 4.78 is 12.8. The number of nitrogens with one attached hydrogen (secondary N) is 1. The summed E-state index contributed by atoms with van der Waals surface area (Å²) in [4.78, 5) is 20.7. The third-order valence-corrected chi connectivity index (χ3v) is 1.46. The molecule has 0 saturated carbocycles. The number of hydrogen-bond donors (Lipinski definition) is 2. The van der Waals surface area contributed by atoms with E-state index in [0.717, 1.165) is 6.07 Å². The van der Waals surface area contributed by atoms with Gasteiger partial charge in [-0.25, -0.2) is 4.39 Å². The quantitative estimate of drug-likeness (QED) is 0.668. The van der Waals surface area contributed by atoms with Crippen LogP contribution in [-0.2, 0) is 4.79 Å². The Morgan fingerprint density at radius 3 is 2.77 bits per heavy atom. The Kier molecular flexibility index (Phi) is 2.59. The number of benzene rings is 1. The molecule has 4 nitrogen and oxygen atoms in total. The molecule has 0 spiro atoms. The summed E-state index contributed by atoms with van der Waals surface area (Å²) >= 11 is 0. The minimum absolute atomic E-state index is 0.244. The molecule has 0 saturated heterocycles. The number of carbonyl (C=O) groups is 2. The molecule has 0 heterocycles. The van der Waals surface area contributed by atoms with Crippen LogP contribution < -0.4 is 11.1 Å². The highest BCUT2D eigenvalue weighted by molar-refractivity contribution is 5.94. The fraction of sp³-hybridized carbons (Fsp3) is 0. The number of primary amides is 1. The van der Waals surface area contributed by atoms with E-state index in [1.54, 1.807) is 0 Å². The highest BCUT2D eigenvalue weighted by Gasteiger charge is 2.08. The molecule has 0 aromatic heterocycles. The second-order valence-corrected chi connectivity index (χ2v) is 2.32. The van der Waals surface area contributed by atoms with Gasteiger partial charge in [-0.2, -0.15) is 0 Å². The molecule has 13 heavy (non-hydrogen) atoms. The van der Waals surface area contributed by atoms with Gasteiger partial charge in [0.2, 0.25) is 6.41 Å². The van der Waals surface area contributed by atoms with Crippen molar-refractivity contribution in [3.05, 3.63) is 29.6 Å². The highest BCUT2D eigenvalue weighted by Crippen LogP contribution is 2.13. The number of amides is 2. The van der Waals surface area contributed by atoms with Crippen LogP contribution in [0.2, 0.25) is 0 Å². The molecule has 1 aromatic carbocycles. The minimum atomic E-state index is -0.868. The van der Waals surface area contributed by atoms with E-state index >= 15 is 0 Å². The zero-order valence-electron chi connectivity index (χ0n) is 6.58. The lowest BCUT2D eigenvalue weighted by molar-refractivity contribution is -0.105. The van der Waals surface area contributed by atoms with Gasteiger partial charge in [0.25, 0.3) is 5.91 Å². The van der Waals surface area contributed by atoms with Crippen molar-refractivity contribution in [3.8, 4) is 0 Å². The van der Waals surface area contributed by atoms with Gasteiger partial charge in [-0.15, -0.1) is 0 Å². The molecule has 1 aromatic rings. The standard InChI is InChI=1S/C8H7FN2O2/c9-7-2-1-5(11-4-12)3-6(7)8(10)13/h1-4H,(H2,10,13)(H,11,12). The monoisotopic (exact) mass is 182 g/mol. The fourth-order valence-corrected chi connectivity index (χ4v) is 0.872. The smallest absolute Gasteiger partial charge is 0.251 e. The van der Waals surface area contributed by atoms with E-state index in [9.17, 15) is 14.0 Å². The Bertz CT molecular complexity index is 352. The number of rotatable bonds is 3. The van der Waals surface area contributed by atoms with E-state index in [1.165, 1.54) is 12.1 Å². The van der Waals surface area contributed by atoms with Crippen molar-refractivity contribution in [1.29, 1.82) is 0 Å². The van der Waals surface area contributed by atoms with Gasteiger partial charge in [0.05, 0.1) is 5.56 Å². The van der Waals surface area contributed by atoms with Gasteiger partial charge in [-0.3, -0.25) is 9.59 Å². The van der Waals surface area contributed by atoms with Crippen molar-refractivity contribution in [2.75, 3.05) is 5.32 Å². The molecule has 0 aliphatic heterocycles. The summed E-state index contributed by atoms with van der Waals surface area (Å²) in [6.45, 7) is 0. The van der Waals surface area contributed by atoms with Gasteiger partial charge in [-0.05, 0) is 18.2 Å². The van der Waals surface area contributed by atoms with E-state index in [1.807, 2.05) is 0 Å². The average molecular weight is 182 g/mol. The Labute approximate surface area is 73.5 Å². The van der Waals surface area contributed by atoms with E-state index in [0.29, 0.717) is 12.1 Å². The van der Waals surface area contributed by atoms with Crippen molar-refractivity contribution < 1.29 is 14.0 Å². The maximum atomic E-state index is 12.8. The number of hydrogen-bond acceptors (Lipinski definition) is 2. The van der Waals surface area contributed by atoms with Crippen LogP contribution in [-0.4, -0.2) is 12.3 Å². The van der Waals surface area contributed by atoms with Gasteiger partial charge in [-0.1, -0.05) is 0 Å².